The molecule has 0 radical (unpaired) electrons. The Morgan fingerprint density at radius 1 is 1.19 bits per heavy atom. The van der Waals surface area contributed by atoms with Gasteiger partial charge in [0.2, 0.25) is 5.91 Å². The summed E-state index contributed by atoms with van der Waals surface area (Å²) in [5.41, 5.74) is 1.55. The number of halogens is 1. The van der Waals surface area contributed by atoms with E-state index in [-0.39, 0.29) is 28.3 Å². The SMILES string of the molecule is O=C(NCCc1cccc(F)c1)C1CCN(c2ccccc2[N+](=O)[O-])CC1. The van der Waals surface area contributed by atoms with Crippen LogP contribution in [0, 0.1) is 21.8 Å². The Labute approximate surface area is 157 Å². The summed E-state index contributed by atoms with van der Waals surface area (Å²) >= 11 is 0. The summed E-state index contributed by atoms with van der Waals surface area (Å²) in [5.74, 6) is -0.383. The molecule has 0 spiro atoms. The molecular weight excluding hydrogens is 349 g/mol. The quantitative estimate of drug-likeness (QED) is 0.624. The van der Waals surface area contributed by atoms with E-state index in [9.17, 15) is 19.3 Å². The van der Waals surface area contributed by atoms with Crippen LogP contribution in [0.2, 0.25) is 0 Å². The number of carbonyl (C=O) groups excluding carboxylic acids is 1. The molecule has 0 aliphatic carbocycles. The Kier molecular flexibility index (Phi) is 6.01. The molecule has 1 heterocycles. The number of nitrogens with zero attached hydrogens (tertiary/aromatic N) is 2. The van der Waals surface area contributed by atoms with Gasteiger partial charge in [0, 0.05) is 31.6 Å². The van der Waals surface area contributed by atoms with Crippen LogP contribution >= 0.6 is 0 Å². The summed E-state index contributed by atoms with van der Waals surface area (Å²) in [6, 6.07) is 13.0. The van der Waals surface area contributed by atoms with E-state index in [1.165, 1.54) is 18.2 Å². The van der Waals surface area contributed by atoms with Gasteiger partial charge in [-0.3, -0.25) is 14.9 Å². The van der Waals surface area contributed by atoms with Crippen LogP contribution in [0.15, 0.2) is 48.5 Å². The molecular formula is C20H22FN3O3. The van der Waals surface area contributed by atoms with Crippen molar-refractivity contribution in [2.75, 3.05) is 24.5 Å². The van der Waals surface area contributed by atoms with Crippen LogP contribution in [0.25, 0.3) is 0 Å². The summed E-state index contributed by atoms with van der Waals surface area (Å²) < 4.78 is 13.2. The van der Waals surface area contributed by atoms with Crippen molar-refractivity contribution in [1.29, 1.82) is 0 Å². The second-order valence-corrected chi connectivity index (χ2v) is 6.68. The number of rotatable bonds is 6. The second kappa shape index (κ2) is 8.62. The fourth-order valence-electron chi connectivity index (χ4n) is 3.44. The molecule has 1 aliphatic rings. The molecule has 7 heteroatoms. The van der Waals surface area contributed by atoms with Gasteiger partial charge in [0.1, 0.15) is 11.5 Å². The molecule has 0 aromatic heterocycles. The van der Waals surface area contributed by atoms with Crippen molar-refractivity contribution >= 4 is 17.3 Å². The van der Waals surface area contributed by atoms with Gasteiger partial charge in [0.25, 0.3) is 5.69 Å². The first kappa shape index (κ1) is 18.8. The number of piperidine rings is 1. The third-order valence-electron chi connectivity index (χ3n) is 4.89. The number of nitro benzene ring substituents is 1. The number of nitro groups is 1. The third-order valence-corrected chi connectivity index (χ3v) is 4.89. The summed E-state index contributed by atoms with van der Waals surface area (Å²) in [4.78, 5) is 25.1. The van der Waals surface area contributed by atoms with E-state index in [4.69, 9.17) is 0 Å². The van der Waals surface area contributed by atoms with E-state index in [1.54, 1.807) is 24.3 Å². The topological polar surface area (TPSA) is 75.5 Å². The highest BCUT2D eigenvalue weighted by Crippen LogP contribution is 2.31. The zero-order valence-corrected chi connectivity index (χ0v) is 14.9. The van der Waals surface area contributed by atoms with Gasteiger partial charge in [-0.2, -0.15) is 0 Å². The summed E-state index contributed by atoms with van der Waals surface area (Å²) in [5, 5.41) is 14.1. The molecule has 2 aromatic carbocycles. The van der Waals surface area contributed by atoms with Gasteiger partial charge >= 0.3 is 0 Å². The minimum Gasteiger partial charge on any atom is -0.366 e. The number of amides is 1. The number of nitrogens with one attached hydrogen (secondary N) is 1. The lowest BCUT2D eigenvalue weighted by molar-refractivity contribution is -0.384. The number of para-hydroxylation sites is 2. The molecule has 6 nitrogen and oxygen atoms in total. The zero-order valence-electron chi connectivity index (χ0n) is 14.9. The third kappa shape index (κ3) is 4.81. The van der Waals surface area contributed by atoms with Crippen molar-refractivity contribution in [3.05, 3.63) is 70.0 Å². The maximum Gasteiger partial charge on any atom is 0.292 e. The van der Waals surface area contributed by atoms with E-state index < -0.39 is 0 Å². The van der Waals surface area contributed by atoms with Gasteiger partial charge in [0.15, 0.2) is 0 Å². The van der Waals surface area contributed by atoms with Gasteiger partial charge in [-0.05, 0) is 43.0 Å². The van der Waals surface area contributed by atoms with Crippen LogP contribution in [-0.2, 0) is 11.2 Å². The molecule has 3 rings (SSSR count). The van der Waals surface area contributed by atoms with E-state index in [2.05, 4.69) is 5.32 Å². The zero-order chi connectivity index (χ0) is 19.2. The van der Waals surface area contributed by atoms with Crippen molar-refractivity contribution in [2.24, 2.45) is 5.92 Å². The number of hydrogen-bond donors (Lipinski definition) is 1. The minimum absolute atomic E-state index is 0.00591. The molecule has 1 amide bonds. The Morgan fingerprint density at radius 3 is 2.63 bits per heavy atom. The first-order valence-electron chi connectivity index (χ1n) is 9.05. The Bertz CT molecular complexity index is 820. The van der Waals surface area contributed by atoms with Gasteiger partial charge in [-0.25, -0.2) is 4.39 Å². The summed E-state index contributed by atoms with van der Waals surface area (Å²) in [6.07, 6.45) is 1.88. The molecule has 0 bridgehead atoms. The van der Waals surface area contributed by atoms with Crippen molar-refractivity contribution < 1.29 is 14.1 Å². The average molecular weight is 371 g/mol. The maximum absolute atomic E-state index is 13.2. The van der Waals surface area contributed by atoms with E-state index in [1.807, 2.05) is 11.0 Å². The summed E-state index contributed by atoms with van der Waals surface area (Å²) in [7, 11) is 0. The molecule has 1 aliphatic heterocycles. The van der Waals surface area contributed by atoms with Gasteiger partial charge in [-0.15, -0.1) is 0 Å². The molecule has 1 N–H and O–H groups in total. The molecule has 1 fully saturated rings. The molecule has 0 atom stereocenters. The van der Waals surface area contributed by atoms with Crippen LogP contribution in [0.4, 0.5) is 15.8 Å². The van der Waals surface area contributed by atoms with Crippen molar-refractivity contribution in [1.82, 2.24) is 5.32 Å². The molecule has 0 saturated carbocycles. The van der Waals surface area contributed by atoms with E-state index in [0.717, 1.165) is 5.56 Å². The largest absolute Gasteiger partial charge is 0.366 e. The van der Waals surface area contributed by atoms with Crippen molar-refractivity contribution in [2.45, 2.75) is 19.3 Å². The van der Waals surface area contributed by atoms with Crippen LogP contribution < -0.4 is 10.2 Å². The second-order valence-electron chi connectivity index (χ2n) is 6.68. The Hall–Kier alpha value is -2.96. The maximum atomic E-state index is 13.2. The predicted octanol–water partition coefficient (Wildman–Crippen LogP) is 3.31. The van der Waals surface area contributed by atoms with Crippen LogP contribution in [0.5, 0.6) is 0 Å². The standard InChI is InChI=1S/C20H22FN3O3/c21-17-5-3-4-15(14-17)8-11-22-20(25)16-9-12-23(13-10-16)18-6-1-2-7-19(18)24(26)27/h1-7,14,16H,8-13H2,(H,22,25). The van der Waals surface area contributed by atoms with Crippen molar-refractivity contribution in [3.8, 4) is 0 Å². The first-order valence-corrected chi connectivity index (χ1v) is 9.05. The predicted molar refractivity (Wildman–Crippen MR) is 101 cm³/mol. The molecule has 2 aromatic rings. The molecule has 1 saturated heterocycles. The highest BCUT2D eigenvalue weighted by Gasteiger charge is 2.27. The lowest BCUT2D eigenvalue weighted by atomic mass is 9.95. The number of anilines is 1. The highest BCUT2D eigenvalue weighted by atomic mass is 19.1. The Balaban J connectivity index is 1.49. The lowest BCUT2D eigenvalue weighted by Gasteiger charge is -2.32. The number of hydrogen-bond acceptors (Lipinski definition) is 4. The average Bonchev–Trinajstić information content (AvgIpc) is 2.68. The number of benzene rings is 2. The summed E-state index contributed by atoms with van der Waals surface area (Å²) in [6.45, 7) is 1.67. The normalized spacial score (nSPS) is 14.8. The first-order chi connectivity index (χ1) is 13.0. The van der Waals surface area contributed by atoms with E-state index >= 15 is 0 Å². The minimum atomic E-state index is -0.374. The van der Waals surface area contributed by atoms with Gasteiger partial charge in [0.05, 0.1) is 4.92 Å². The fourth-order valence-corrected chi connectivity index (χ4v) is 3.44. The van der Waals surface area contributed by atoms with Crippen molar-refractivity contribution in [3.63, 3.8) is 0 Å². The Morgan fingerprint density at radius 2 is 1.93 bits per heavy atom. The van der Waals surface area contributed by atoms with Crippen LogP contribution in [0.1, 0.15) is 18.4 Å². The van der Waals surface area contributed by atoms with Crippen LogP contribution in [0.3, 0.4) is 0 Å². The monoisotopic (exact) mass is 371 g/mol. The fraction of sp³-hybridized carbons (Fsp3) is 0.350. The molecule has 0 unspecified atom stereocenters. The molecule has 27 heavy (non-hydrogen) atoms. The van der Waals surface area contributed by atoms with Gasteiger partial charge < -0.3 is 10.2 Å². The smallest absolute Gasteiger partial charge is 0.292 e. The van der Waals surface area contributed by atoms with E-state index in [0.29, 0.717) is 44.6 Å². The highest BCUT2D eigenvalue weighted by molar-refractivity contribution is 5.79. The molecule has 142 valence electrons. The number of carbonyl (C=O) groups is 1. The van der Waals surface area contributed by atoms with Crippen LogP contribution in [-0.4, -0.2) is 30.5 Å². The lowest BCUT2D eigenvalue weighted by Crippen LogP contribution is -2.41. The van der Waals surface area contributed by atoms with Gasteiger partial charge in [-0.1, -0.05) is 24.3 Å².